The molecule has 0 amide bonds. The molecule has 6 heteroatoms. The maximum absolute atomic E-state index is 5.98. The largest absolute Gasteiger partial charge is 0.378 e. The van der Waals surface area contributed by atoms with Crippen molar-refractivity contribution in [3.8, 4) is 11.1 Å². The van der Waals surface area contributed by atoms with Gasteiger partial charge in [-0.05, 0) is 64.4 Å². The van der Waals surface area contributed by atoms with Crippen LogP contribution in [0.3, 0.4) is 0 Å². The van der Waals surface area contributed by atoms with Crippen LogP contribution < -0.4 is 10.6 Å². The number of ether oxygens (including phenoxy) is 1. The molecule has 28 heavy (non-hydrogen) atoms. The molecule has 1 aliphatic rings. The molecule has 5 nitrogen and oxygen atoms in total. The van der Waals surface area contributed by atoms with Crippen LogP contribution in [0.5, 0.6) is 0 Å². The van der Waals surface area contributed by atoms with Crippen LogP contribution in [0.15, 0.2) is 54.9 Å². The number of hydrogen-bond acceptors (Lipinski definition) is 4. The third-order valence-corrected chi connectivity index (χ3v) is 6.24. The van der Waals surface area contributed by atoms with Crippen molar-refractivity contribution in [2.24, 2.45) is 5.73 Å². The van der Waals surface area contributed by atoms with Gasteiger partial charge in [-0.3, -0.25) is 5.10 Å². The first-order valence-corrected chi connectivity index (χ1v) is 10.8. The summed E-state index contributed by atoms with van der Waals surface area (Å²) in [4.78, 5) is 2.43. The maximum atomic E-state index is 5.98. The number of anilines is 1. The topological polar surface area (TPSA) is 67.2 Å². The first kappa shape index (κ1) is 19.4. The van der Waals surface area contributed by atoms with E-state index in [1.54, 1.807) is 0 Å². The summed E-state index contributed by atoms with van der Waals surface area (Å²) in [6, 6.07) is 15.6. The molecular formula is C22H25IN4O. The minimum Gasteiger partial charge on any atom is -0.378 e. The number of nitrogens with one attached hydrogen (secondary N) is 1. The van der Waals surface area contributed by atoms with Crippen LogP contribution in [0.2, 0.25) is 0 Å². The number of nitrogens with two attached hydrogens (primary N) is 1. The van der Waals surface area contributed by atoms with E-state index in [0.29, 0.717) is 12.5 Å². The lowest BCUT2D eigenvalue weighted by Gasteiger charge is -2.30. The highest BCUT2D eigenvalue weighted by Gasteiger charge is 2.19. The quantitative estimate of drug-likeness (QED) is 0.515. The molecule has 146 valence electrons. The summed E-state index contributed by atoms with van der Waals surface area (Å²) in [5, 5.41) is 6.91. The first-order chi connectivity index (χ1) is 13.8. The molecule has 0 radical (unpaired) electrons. The van der Waals surface area contributed by atoms with Crippen molar-refractivity contribution in [3.63, 3.8) is 0 Å². The molecule has 3 aromatic rings. The third-order valence-electron chi connectivity index (χ3n) is 5.32. The zero-order chi connectivity index (χ0) is 19.3. The Morgan fingerprint density at radius 1 is 1.07 bits per heavy atom. The summed E-state index contributed by atoms with van der Waals surface area (Å²) in [5.41, 5.74) is 12.2. The van der Waals surface area contributed by atoms with Gasteiger partial charge in [0.15, 0.2) is 0 Å². The summed E-state index contributed by atoms with van der Waals surface area (Å²) >= 11 is 2.43. The third kappa shape index (κ3) is 4.24. The Hall–Kier alpha value is -1.90. The van der Waals surface area contributed by atoms with Gasteiger partial charge < -0.3 is 15.4 Å². The fourth-order valence-electron chi connectivity index (χ4n) is 3.80. The molecule has 1 aliphatic heterocycles. The molecule has 1 fully saturated rings. The smallest absolute Gasteiger partial charge is 0.0642 e. The molecule has 0 spiro atoms. The molecule has 2 aromatic carbocycles. The van der Waals surface area contributed by atoms with Crippen LogP contribution in [0.4, 0.5) is 5.69 Å². The highest BCUT2D eigenvalue weighted by atomic mass is 127. The lowest BCUT2D eigenvalue weighted by atomic mass is 9.87. The van der Waals surface area contributed by atoms with E-state index in [1.807, 2.05) is 12.4 Å². The fraction of sp³-hybridized carbons (Fsp3) is 0.318. The summed E-state index contributed by atoms with van der Waals surface area (Å²) < 4.78 is 6.80. The number of benzene rings is 2. The van der Waals surface area contributed by atoms with E-state index in [0.717, 1.165) is 38.3 Å². The number of aromatic nitrogens is 2. The second-order valence-corrected chi connectivity index (χ2v) is 8.21. The van der Waals surface area contributed by atoms with Crippen LogP contribution in [-0.2, 0) is 4.74 Å². The predicted octanol–water partition coefficient (Wildman–Crippen LogP) is 4.00. The van der Waals surface area contributed by atoms with Gasteiger partial charge in [-0.2, -0.15) is 5.10 Å². The molecule has 0 aliphatic carbocycles. The van der Waals surface area contributed by atoms with Crippen LogP contribution in [0.25, 0.3) is 11.1 Å². The Bertz CT molecular complexity index is 889. The molecule has 4 rings (SSSR count). The van der Waals surface area contributed by atoms with Crippen molar-refractivity contribution in [1.29, 1.82) is 0 Å². The van der Waals surface area contributed by atoms with Gasteiger partial charge in [-0.25, -0.2) is 0 Å². The monoisotopic (exact) mass is 488 g/mol. The molecular weight excluding hydrogens is 463 g/mol. The van der Waals surface area contributed by atoms with E-state index in [1.165, 1.54) is 25.9 Å². The molecule has 1 atom stereocenters. The normalized spacial score (nSPS) is 15.6. The Kier molecular flexibility index (Phi) is 6.29. The Morgan fingerprint density at radius 2 is 1.82 bits per heavy atom. The average molecular weight is 488 g/mol. The van der Waals surface area contributed by atoms with Gasteiger partial charge in [0, 0.05) is 34.3 Å². The molecule has 1 saturated heterocycles. The molecule has 0 bridgehead atoms. The Morgan fingerprint density at radius 3 is 2.50 bits per heavy atom. The molecule has 2 heterocycles. The van der Waals surface area contributed by atoms with E-state index < -0.39 is 0 Å². The van der Waals surface area contributed by atoms with Gasteiger partial charge >= 0.3 is 0 Å². The van der Waals surface area contributed by atoms with E-state index >= 15 is 0 Å². The number of morpholine rings is 1. The Balaban J connectivity index is 1.64. The van der Waals surface area contributed by atoms with Crippen LogP contribution in [0, 0.1) is 3.57 Å². The van der Waals surface area contributed by atoms with Crippen LogP contribution in [-0.4, -0.2) is 43.0 Å². The van der Waals surface area contributed by atoms with Crippen LogP contribution in [0.1, 0.15) is 23.5 Å². The van der Waals surface area contributed by atoms with Gasteiger partial charge in [0.2, 0.25) is 0 Å². The van der Waals surface area contributed by atoms with E-state index in [-0.39, 0.29) is 0 Å². The van der Waals surface area contributed by atoms with Gasteiger partial charge in [0.1, 0.15) is 0 Å². The minimum absolute atomic E-state index is 0.292. The molecule has 0 saturated carbocycles. The van der Waals surface area contributed by atoms with E-state index in [9.17, 15) is 0 Å². The number of H-pyrrole nitrogens is 1. The minimum atomic E-state index is 0.292. The van der Waals surface area contributed by atoms with Gasteiger partial charge in [0.25, 0.3) is 0 Å². The zero-order valence-electron chi connectivity index (χ0n) is 15.8. The summed E-state index contributed by atoms with van der Waals surface area (Å²) in [7, 11) is 0. The number of rotatable bonds is 6. The van der Waals surface area contributed by atoms with E-state index in [4.69, 9.17) is 10.5 Å². The van der Waals surface area contributed by atoms with Crippen molar-refractivity contribution in [2.45, 2.75) is 12.3 Å². The summed E-state index contributed by atoms with van der Waals surface area (Å²) in [5.74, 6) is 0.292. The second-order valence-electron chi connectivity index (χ2n) is 7.05. The van der Waals surface area contributed by atoms with Crippen molar-refractivity contribution in [3.05, 3.63) is 69.6 Å². The summed E-state index contributed by atoms with van der Waals surface area (Å²) in [6.07, 6.45) is 4.69. The van der Waals surface area contributed by atoms with Gasteiger partial charge in [-0.1, -0.05) is 30.3 Å². The second kappa shape index (κ2) is 9.07. The standard InChI is InChI=1S/C22H25IN4O/c23-21-6-5-18(13-22(21)27-9-11-28-12-10-27)20(7-8-24)17-3-1-16(2-4-17)19-14-25-26-15-19/h1-6,13-15,20H,7-12,24H2,(H,25,26). The molecule has 1 aromatic heterocycles. The van der Waals surface area contributed by atoms with Gasteiger partial charge in [0.05, 0.1) is 25.1 Å². The number of nitrogens with zero attached hydrogens (tertiary/aromatic N) is 2. The Labute approximate surface area is 179 Å². The fourth-order valence-corrected chi connectivity index (χ4v) is 4.48. The highest BCUT2D eigenvalue weighted by Crippen LogP contribution is 2.34. The van der Waals surface area contributed by atoms with Crippen LogP contribution >= 0.6 is 22.6 Å². The zero-order valence-corrected chi connectivity index (χ0v) is 17.9. The van der Waals surface area contributed by atoms with Crippen molar-refractivity contribution < 1.29 is 4.74 Å². The SMILES string of the molecule is NCCC(c1ccc(-c2cn[nH]c2)cc1)c1ccc(I)c(N2CCOCC2)c1. The predicted molar refractivity (Wildman–Crippen MR) is 122 cm³/mol. The summed E-state index contributed by atoms with van der Waals surface area (Å²) in [6.45, 7) is 4.14. The maximum Gasteiger partial charge on any atom is 0.0642 e. The van der Waals surface area contributed by atoms with Crippen molar-refractivity contribution in [1.82, 2.24) is 10.2 Å². The lowest BCUT2D eigenvalue weighted by molar-refractivity contribution is 0.122. The molecule has 3 N–H and O–H groups in total. The number of aromatic amines is 1. The first-order valence-electron chi connectivity index (χ1n) is 9.67. The number of hydrogen-bond donors (Lipinski definition) is 2. The lowest BCUT2D eigenvalue weighted by Crippen LogP contribution is -2.36. The molecule has 1 unspecified atom stereocenters. The highest BCUT2D eigenvalue weighted by molar-refractivity contribution is 14.1. The number of halogens is 1. The van der Waals surface area contributed by atoms with Gasteiger partial charge in [-0.15, -0.1) is 0 Å². The van der Waals surface area contributed by atoms with Crippen molar-refractivity contribution >= 4 is 28.3 Å². The van der Waals surface area contributed by atoms with E-state index in [2.05, 4.69) is 80.2 Å². The van der Waals surface area contributed by atoms with Crippen molar-refractivity contribution in [2.75, 3.05) is 37.7 Å². The average Bonchev–Trinajstić information content (AvgIpc) is 3.28.